The van der Waals surface area contributed by atoms with Gasteiger partial charge >= 0.3 is 0 Å². The normalized spacial score (nSPS) is 11.7. The Balaban J connectivity index is 1.19. The molecular formula is C38H23N5. The number of imidazole rings is 1. The fourth-order valence-corrected chi connectivity index (χ4v) is 6.14. The topological polar surface area (TPSA) is 56.0 Å². The molecule has 0 radical (unpaired) electrons. The molecule has 9 rings (SSSR count). The van der Waals surface area contributed by atoms with Crippen molar-refractivity contribution in [1.82, 2.24) is 24.3 Å². The summed E-state index contributed by atoms with van der Waals surface area (Å²) in [5.41, 5.74) is 11.8. The standard InChI is InChI=1S/C38H23N5/c1-2-14-32-30(13-1)37-38(43-21-4-3-15-33(43)42-37)36(41-32)29-11-6-9-27(23-29)26-8-5-10-28(22-26)31-19-18-25-17-16-24-12-7-20-39-34(24)35(25)40-31/h1-23H. The Labute approximate surface area is 246 Å². The van der Waals surface area contributed by atoms with Crippen molar-refractivity contribution in [2.24, 2.45) is 0 Å². The minimum absolute atomic E-state index is 0.909. The van der Waals surface area contributed by atoms with E-state index in [0.29, 0.717) is 0 Å². The molecule has 0 spiro atoms. The molecule has 0 N–H and O–H groups in total. The lowest BCUT2D eigenvalue weighted by Gasteiger charge is -2.11. The molecule has 0 saturated heterocycles. The van der Waals surface area contributed by atoms with Gasteiger partial charge in [0.25, 0.3) is 0 Å². The molecule has 0 aliphatic rings. The summed E-state index contributed by atoms with van der Waals surface area (Å²) in [6.07, 6.45) is 3.89. The van der Waals surface area contributed by atoms with Gasteiger partial charge in [-0.3, -0.25) is 9.38 Å². The largest absolute Gasteiger partial charge is 0.298 e. The zero-order valence-corrected chi connectivity index (χ0v) is 23.0. The molecule has 0 saturated carbocycles. The van der Waals surface area contributed by atoms with E-state index in [1.807, 2.05) is 42.6 Å². The molecule has 0 aliphatic carbocycles. The predicted molar refractivity (Wildman–Crippen MR) is 175 cm³/mol. The number of fused-ring (bicyclic) bond motifs is 8. The maximum atomic E-state index is 5.17. The maximum absolute atomic E-state index is 5.17. The fraction of sp³-hybridized carbons (Fsp3) is 0. The van der Waals surface area contributed by atoms with E-state index < -0.39 is 0 Å². The molecule has 0 aliphatic heterocycles. The highest BCUT2D eigenvalue weighted by atomic mass is 15.0. The van der Waals surface area contributed by atoms with Gasteiger partial charge < -0.3 is 0 Å². The predicted octanol–water partition coefficient (Wildman–Crippen LogP) is 9.13. The highest BCUT2D eigenvalue weighted by Crippen LogP contribution is 2.35. The SMILES string of the molecule is c1cc(-c2cccc(-c3nc4ccccc4c4nc5ccccn5c34)c2)cc(-c2ccc3ccc4cccnc4c3n2)c1. The minimum Gasteiger partial charge on any atom is -0.298 e. The Hall–Kier alpha value is -5.94. The molecular weight excluding hydrogens is 526 g/mol. The van der Waals surface area contributed by atoms with Crippen molar-refractivity contribution in [3.8, 4) is 33.6 Å². The number of hydrogen-bond acceptors (Lipinski definition) is 4. The smallest absolute Gasteiger partial charge is 0.137 e. The van der Waals surface area contributed by atoms with Gasteiger partial charge in [0.15, 0.2) is 0 Å². The van der Waals surface area contributed by atoms with Crippen molar-refractivity contribution in [2.75, 3.05) is 0 Å². The third kappa shape index (κ3) is 3.79. The molecule has 0 amide bonds. The number of hydrogen-bond donors (Lipinski definition) is 0. The Morgan fingerprint density at radius 2 is 1.23 bits per heavy atom. The van der Waals surface area contributed by atoms with Crippen molar-refractivity contribution < 1.29 is 0 Å². The van der Waals surface area contributed by atoms with E-state index in [0.717, 1.165) is 83.0 Å². The zero-order valence-electron chi connectivity index (χ0n) is 23.0. The second kappa shape index (κ2) is 9.29. The Morgan fingerprint density at radius 3 is 2.14 bits per heavy atom. The average Bonchev–Trinajstić information content (AvgIpc) is 3.48. The molecule has 4 aromatic carbocycles. The van der Waals surface area contributed by atoms with E-state index in [1.54, 1.807) is 0 Å². The first-order valence-corrected chi connectivity index (χ1v) is 14.3. The molecule has 5 nitrogen and oxygen atoms in total. The van der Waals surface area contributed by atoms with Crippen LogP contribution in [0.4, 0.5) is 0 Å². The highest BCUT2D eigenvalue weighted by molar-refractivity contribution is 6.09. The lowest BCUT2D eigenvalue weighted by molar-refractivity contribution is 1.22. The summed E-state index contributed by atoms with van der Waals surface area (Å²) in [7, 11) is 0. The molecule has 0 fully saturated rings. The monoisotopic (exact) mass is 549 g/mol. The van der Waals surface area contributed by atoms with E-state index in [1.165, 1.54) is 0 Å². The zero-order chi connectivity index (χ0) is 28.3. The van der Waals surface area contributed by atoms with Crippen LogP contribution in [0.5, 0.6) is 0 Å². The first-order chi connectivity index (χ1) is 21.3. The molecule has 200 valence electrons. The van der Waals surface area contributed by atoms with E-state index in [4.69, 9.17) is 15.0 Å². The van der Waals surface area contributed by atoms with Gasteiger partial charge in [-0.25, -0.2) is 15.0 Å². The Morgan fingerprint density at radius 1 is 0.488 bits per heavy atom. The quantitative estimate of drug-likeness (QED) is 0.206. The van der Waals surface area contributed by atoms with Gasteiger partial charge in [0.05, 0.1) is 33.5 Å². The third-order valence-electron chi connectivity index (χ3n) is 8.21. The van der Waals surface area contributed by atoms with Gasteiger partial charge in [-0.1, -0.05) is 84.9 Å². The lowest BCUT2D eigenvalue weighted by Crippen LogP contribution is -1.92. The van der Waals surface area contributed by atoms with Crippen LogP contribution in [-0.2, 0) is 0 Å². The van der Waals surface area contributed by atoms with Gasteiger partial charge in [-0.15, -0.1) is 0 Å². The summed E-state index contributed by atoms with van der Waals surface area (Å²) in [6.45, 7) is 0. The number of para-hydroxylation sites is 1. The number of benzene rings is 4. The average molecular weight is 550 g/mol. The number of nitrogens with zero attached hydrogens (tertiary/aromatic N) is 5. The summed E-state index contributed by atoms with van der Waals surface area (Å²) in [6, 6.07) is 44.0. The summed E-state index contributed by atoms with van der Waals surface area (Å²) >= 11 is 0. The van der Waals surface area contributed by atoms with Gasteiger partial charge in [0, 0.05) is 39.7 Å². The van der Waals surface area contributed by atoms with Crippen LogP contribution in [0.3, 0.4) is 0 Å². The summed E-state index contributed by atoms with van der Waals surface area (Å²) in [4.78, 5) is 19.9. The second-order valence-corrected chi connectivity index (χ2v) is 10.8. The van der Waals surface area contributed by atoms with Crippen LogP contribution in [0.25, 0.3) is 83.0 Å². The fourth-order valence-electron chi connectivity index (χ4n) is 6.14. The Bertz CT molecular complexity index is 2530. The Kier molecular flexibility index (Phi) is 5.13. The van der Waals surface area contributed by atoms with Crippen molar-refractivity contribution in [1.29, 1.82) is 0 Å². The van der Waals surface area contributed by atoms with E-state index >= 15 is 0 Å². The summed E-state index contributed by atoms with van der Waals surface area (Å²) in [5, 5.41) is 3.23. The van der Waals surface area contributed by atoms with Crippen LogP contribution in [0.1, 0.15) is 0 Å². The molecule has 0 bridgehead atoms. The van der Waals surface area contributed by atoms with Crippen molar-refractivity contribution >= 4 is 49.4 Å². The van der Waals surface area contributed by atoms with Gasteiger partial charge in [0.1, 0.15) is 11.2 Å². The van der Waals surface area contributed by atoms with E-state index in [2.05, 4.69) is 107 Å². The van der Waals surface area contributed by atoms with Gasteiger partial charge in [0.2, 0.25) is 0 Å². The van der Waals surface area contributed by atoms with Crippen molar-refractivity contribution in [3.63, 3.8) is 0 Å². The molecule has 5 heterocycles. The molecule has 43 heavy (non-hydrogen) atoms. The van der Waals surface area contributed by atoms with Gasteiger partial charge in [-0.05, 0) is 53.6 Å². The summed E-state index contributed by atoms with van der Waals surface area (Å²) in [5.74, 6) is 0. The number of aromatic nitrogens is 5. The van der Waals surface area contributed by atoms with Crippen molar-refractivity contribution in [2.45, 2.75) is 0 Å². The van der Waals surface area contributed by atoms with Crippen LogP contribution >= 0.6 is 0 Å². The first kappa shape index (κ1) is 23.7. The highest BCUT2D eigenvalue weighted by Gasteiger charge is 2.17. The van der Waals surface area contributed by atoms with Crippen LogP contribution in [-0.4, -0.2) is 24.3 Å². The molecule has 0 atom stereocenters. The van der Waals surface area contributed by atoms with Gasteiger partial charge in [-0.2, -0.15) is 0 Å². The molecule has 0 unspecified atom stereocenters. The third-order valence-corrected chi connectivity index (χ3v) is 8.21. The second-order valence-electron chi connectivity index (χ2n) is 10.8. The van der Waals surface area contributed by atoms with E-state index in [-0.39, 0.29) is 0 Å². The van der Waals surface area contributed by atoms with Crippen molar-refractivity contribution in [3.05, 3.63) is 140 Å². The first-order valence-electron chi connectivity index (χ1n) is 14.3. The molecule has 5 aromatic heterocycles. The van der Waals surface area contributed by atoms with Crippen LogP contribution in [0.2, 0.25) is 0 Å². The maximum Gasteiger partial charge on any atom is 0.137 e. The minimum atomic E-state index is 0.909. The van der Waals surface area contributed by atoms with E-state index in [9.17, 15) is 0 Å². The lowest BCUT2D eigenvalue weighted by atomic mass is 9.98. The van der Waals surface area contributed by atoms with Crippen LogP contribution in [0.15, 0.2) is 140 Å². The number of pyridine rings is 4. The number of rotatable bonds is 3. The summed E-state index contributed by atoms with van der Waals surface area (Å²) < 4.78 is 2.14. The molecule has 9 aromatic rings. The molecule has 5 heteroatoms. The van der Waals surface area contributed by atoms with Crippen LogP contribution < -0.4 is 0 Å². The van der Waals surface area contributed by atoms with Crippen LogP contribution in [0, 0.1) is 0 Å².